The summed E-state index contributed by atoms with van der Waals surface area (Å²) in [5, 5.41) is 11.1. The third-order valence-corrected chi connectivity index (χ3v) is 4.42. The lowest BCUT2D eigenvalue weighted by Crippen LogP contribution is -2.32. The van der Waals surface area contributed by atoms with Gasteiger partial charge in [-0.3, -0.25) is 0 Å². The predicted molar refractivity (Wildman–Crippen MR) is 93.3 cm³/mol. The third kappa shape index (κ3) is 3.20. The molecule has 0 radical (unpaired) electrons. The van der Waals surface area contributed by atoms with Crippen molar-refractivity contribution in [1.82, 2.24) is 0 Å². The van der Waals surface area contributed by atoms with Crippen LogP contribution in [0.3, 0.4) is 0 Å². The van der Waals surface area contributed by atoms with E-state index in [9.17, 15) is 5.11 Å². The highest BCUT2D eigenvalue weighted by Crippen LogP contribution is 2.39. The summed E-state index contributed by atoms with van der Waals surface area (Å²) in [4.78, 5) is 0. The van der Waals surface area contributed by atoms with E-state index in [-0.39, 0.29) is 0 Å². The smallest absolute Gasteiger partial charge is 0.104 e. The maximum atomic E-state index is 11.1. The quantitative estimate of drug-likeness (QED) is 0.817. The van der Waals surface area contributed by atoms with Gasteiger partial charge >= 0.3 is 0 Å². The molecule has 0 spiro atoms. The minimum absolute atomic E-state index is 0.857. The van der Waals surface area contributed by atoms with E-state index < -0.39 is 5.60 Å². The number of benzene rings is 2. The van der Waals surface area contributed by atoms with Gasteiger partial charge in [-0.15, -0.1) is 0 Å². The lowest BCUT2D eigenvalue weighted by molar-refractivity contribution is 0.123. The molecule has 2 aromatic carbocycles. The highest BCUT2D eigenvalue weighted by atomic mass is 16.3. The second-order valence-corrected chi connectivity index (χ2v) is 6.09. The van der Waals surface area contributed by atoms with Crippen LogP contribution in [0.15, 0.2) is 71.8 Å². The zero-order valence-electron chi connectivity index (χ0n) is 13.0. The minimum atomic E-state index is -0.857. The third-order valence-electron chi connectivity index (χ3n) is 4.42. The summed E-state index contributed by atoms with van der Waals surface area (Å²) in [7, 11) is 0. The van der Waals surface area contributed by atoms with Crippen LogP contribution < -0.4 is 0 Å². The van der Waals surface area contributed by atoms with Gasteiger partial charge in [-0.1, -0.05) is 72.8 Å². The maximum absolute atomic E-state index is 11.1. The van der Waals surface area contributed by atoms with Crippen molar-refractivity contribution in [3.63, 3.8) is 0 Å². The molecule has 0 bridgehead atoms. The first-order chi connectivity index (χ1) is 10.7. The van der Waals surface area contributed by atoms with Gasteiger partial charge in [0.15, 0.2) is 0 Å². The van der Waals surface area contributed by atoms with E-state index in [1.54, 1.807) is 0 Å². The molecule has 1 N–H and O–H groups in total. The summed E-state index contributed by atoms with van der Waals surface area (Å²) in [6.45, 7) is 1.93. The van der Waals surface area contributed by atoms with E-state index in [4.69, 9.17) is 0 Å². The topological polar surface area (TPSA) is 20.2 Å². The van der Waals surface area contributed by atoms with Crippen molar-refractivity contribution in [3.05, 3.63) is 82.9 Å². The van der Waals surface area contributed by atoms with Crippen molar-refractivity contribution in [2.45, 2.75) is 31.8 Å². The zero-order valence-corrected chi connectivity index (χ0v) is 13.0. The van der Waals surface area contributed by atoms with E-state index in [0.29, 0.717) is 0 Å². The Labute approximate surface area is 132 Å². The number of aliphatic hydroxyl groups is 1. The van der Waals surface area contributed by atoms with Crippen LogP contribution in [0.1, 0.15) is 37.3 Å². The first kappa shape index (κ1) is 14.8. The van der Waals surface area contributed by atoms with Gasteiger partial charge in [0.1, 0.15) is 5.60 Å². The largest absolute Gasteiger partial charge is 0.381 e. The van der Waals surface area contributed by atoms with Gasteiger partial charge < -0.3 is 5.11 Å². The SMILES string of the molecule is CC1(O)/C(=C\c2ccccc2)CCC/C1=C\c1ccccc1. The van der Waals surface area contributed by atoms with Crippen LogP contribution in [-0.4, -0.2) is 10.7 Å². The molecule has 1 heteroatoms. The lowest BCUT2D eigenvalue weighted by atomic mass is 9.76. The molecule has 112 valence electrons. The lowest BCUT2D eigenvalue weighted by Gasteiger charge is -2.35. The van der Waals surface area contributed by atoms with Crippen LogP contribution in [0, 0.1) is 0 Å². The summed E-state index contributed by atoms with van der Waals surface area (Å²) in [5.41, 5.74) is 3.65. The highest BCUT2D eigenvalue weighted by Gasteiger charge is 2.33. The molecule has 1 saturated carbocycles. The van der Waals surface area contributed by atoms with E-state index in [0.717, 1.165) is 41.5 Å². The molecule has 1 aliphatic carbocycles. The molecule has 1 unspecified atom stereocenters. The Morgan fingerprint density at radius 3 is 1.59 bits per heavy atom. The normalized spacial score (nSPS) is 25.5. The second-order valence-electron chi connectivity index (χ2n) is 6.09. The maximum Gasteiger partial charge on any atom is 0.104 e. The van der Waals surface area contributed by atoms with Crippen molar-refractivity contribution in [3.8, 4) is 0 Å². The van der Waals surface area contributed by atoms with Crippen LogP contribution in [0.2, 0.25) is 0 Å². The molecule has 0 heterocycles. The van der Waals surface area contributed by atoms with Gasteiger partial charge in [-0.25, -0.2) is 0 Å². The molecule has 1 fully saturated rings. The number of rotatable bonds is 2. The number of hydrogen-bond donors (Lipinski definition) is 1. The molecule has 3 rings (SSSR count). The van der Waals surface area contributed by atoms with Crippen molar-refractivity contribution in [2.24, 2.45) is 0 Å². The molecule has 0 amide bonds. The van der Waals surface area contributed by atoms with Gasteiger partial charge in [-0.2, -0.15) is 0 Å². The fourth-order valence-electron chi connectivity index (χ4n) is 3.09. The van der Waals surface area contributed by atoms with Crippen molar-refractivity contribution < 1.29 is 5.11 Å². The van der Waals surface area contributed by atoms with Gasteiger partial charge in [0, 0.05) is 0 Å². The van der Waals surface area contributed by atoms with Gasteiger partial charge in [0.05, 0.1) is 0 Å². The van der Waals surface area contributed by atoms with Crippen LogP contribution in [-0.2, 0) is 0 Å². The van der Waals surface area contributed by atoms with Crippen molar-refractivity contribution in [2.75, 3.05) is 0 Å². The Morgan fingerprint density at radius 1 is 0.773 bits per heavy atom. The molecule has 1 aliphatic rings. The van der Waals surface area contributed by atoms with Crippen LogP contribution in [0.25, 0.3) is 12.2 Å². The van der Waals surface area contributed by atoms with Gasteiger partial charge in [-0.05, 0) is 48.5 Å². The highest BCUT2D eigenvalue weighted by molar-refractivity contribution is 5.63. The Balaban J connectivity index is 1.95. The van der Waals surface area contributed by atoms with Gasteiger partial charge in [0.2, 0.25) is 0 Å². The fourth-order valence-corrected chi connectivity index (χ4v) is 3.09. The minimum Gasteiger partial charge on any atom is -0.381 e. The Hall–Kier alpha value is -2.12. The molecule has 0 aliphatic heterocycles. The van der Waals surface area contributed by atoms with E-state index in [2.05, 4.69) is 36.4 Å². The summed E-state index contributed by atoms with van der Waals surface area (Å²) in [6.07, 6.45) is 7.27. The Morgan fingerprint density at radius 2 is 1.18 bits per heavy atom. The number of hydrogen-bond acceptors (Lipinski definition) is 1. The predicted octanol–water partition coefficient (Wildman–Crippen LogP) is 5.09. The molecule has 0 saturated heterocycles. The Bertz CT molecular complexity index is 619. The monoisotopic (exact) mass is 290 g/mol. The molecule has 2 aromatic rings. The summed E-state index contributed by atoms with van der Waals surface area (Å²) in [5.74, 6) is 0. The van der Waals surface area contributed by atoms with E-state index >= 15 is 0 Å². The Kier molecular flexibility index (Phi) is 4.26. The second kappa shape index (κ2) is 6.33. The molecule has 1 atom stereocenters. The average molecular weight is 290 g/mol. The van der Waals surface area contributed by atoms with E-state index in [1.165, 1.54) is 0 Å². The molecular weight excluding hydrogens is 268 g/mol. The van der Waals surface area contributed by atoms with Crippen LogP contribution in [0.4, 0.5) is 0 Å². The zero-order chi connectivity index (χ0) is 15.4. The van der Waals surface area contributed by atoms with Crippen LogP contribution >= 0.6 is 0 Å². The molecule has 0 aromatic heterocycles. The van der Waals surface area contributed by atoms with Crippen molar-refractivity contribution >= 4 is 12.2 Å². The van der Waals surface area contributed by atoms with Crippen molar-refractivity contribution in [1.29, 1.82) is 0 Å². The first-order valence-electron chi connectivity index (χ1n) is 7.91. The van der Waals surface area contributed by atoms with E-state index in [1.807, 2.05) is 43.3 Å². The fraction of sp³-hybridized carbons (Fsp3) is 0.238. The average Bonchev–Trinajstić information content (AvgIpc) is 2.53. The molecule has 1 nitrogen and oxygen atoms in total. The summed E-state index contributed by atoms with van der Waals surface area (Å²) >= 11 is 0. The molecular formula is C21H22O. The first-order valence-corrected chi connectivity index (χ1v) is 7.91. The summed E-state index contributed by atoms with van der Waals surface area (Å²) < 4.78 is 0. The summed E-state index contributed by atoms with van der Waals surface area (Å²) in [6, 6.07) is 20.5. The van der Waals surface area contributed by atoms with Crippen LogP contribution in [0.5, 0.6) is 0 Å². The molecule has 22 heavy (non-hydrogen) atoms. The van der Waals surface area contributed by atoms with Gasteiger partial charge in [0.25, 0.3) is 0 Å². The standard InChI is InChI=1S/C21H22O/c1-21(22)19(15-17-9-4-2-5-10-17)13-8-14-20(21)16-18-11-6-3-7-12-18/h2-7,9-12,15-16,22H,8,13-14H2,1H3/b19-15-,20-16+.